The molecule has 0 bridgehead atoms. The highest BCUT2D eigenvalue weighted by Gasteiger charge is 2.11. The summed E-state index contributed by atoms with van der Waals surface area (Å²) in [5.74, 6) is 1.28. The van der Waals surface area contributed by atoms with Crippen molar-refractivity contribution in [2.45, 2.75) is 6.92 Å². The standard InChI is InChI=1S/C15H13N7/c1-9-18-12-5-4-11(19-14(12)21(9)3)10-6-7-22-13(10)8-17-15(16-2)20-22/h4-8H,2H2,1,3H3. The lowest BCUT2D eigenvalue weighted by Gasteiger charge is -2.01. The smallest absolute Gasteiger partial charge is 0.266 e. The van der Waals surface area contributed by atoms with Gasteiger partial charge in [0.2, 0.25) is 0 Å². The number of fused-ring (bicyclic) bond motifs is 2. The Labute approximate surface area is 126 Å². The first-order chi connectivity index (χ1) is 10.7. The minimum absolute atomic E-state index is 0.348. The van der Waals surface area contributed by atoms with Gasteiger partial charge in [-0.2, -0.15) is 0 Å². The second-order valence-electron chi connectivity index (χ2n) is 5.03. The number of aryl methyl sites for hydroxylation is 2. The van der Waals surface area contributed by atoms with Crippen molar-refractivity contribution in [3.05, 3.63) is 36.4 Å². The third-order valence-corrected chi connectivity index (χ3v) is 3.76. The van der Waals surface area contributed by atoms with E-state index in [0.717, 1.165) is 33.8 Å². The maximum atomic E-state index is 4.73. The van der Waals surface area contributed by atoms with Gasteiger partial charge in [-0.25, -0.2) is 24.5 Å². The maximum absolute atomic E-state index is 4.73. The Morgan fingerprint density at radius 2 is 2.05 bits per heavy atom. The summed E-state index contributed by atoms with van der Waals surface area (Å²) >= 11 is 0. The Morgan fingerprint density at radius 3 is 2.86 bits per heavy atom. The highest BCUT2D eigenvalue weighted by molar-refractivity contribution is 5.82. The average molecular weight is 291 g/mol. The molecule has 4 aromatic heterocycles. The number of pyridine rings is 1. The first-order valence-electron chi connectivity index (χ1n) is 6.79. The van der Waals surface area contributed by atoms with E-state index in [9.17, 15) is 0 Å². The molecular weight excluding hydrogens is 278 g/mol. The van der Waals surface area contributed by atoms with Crippen LogP contribution in [0.2, 0.25) is 0 Å². The van der Waals surface area contributed by atoms with E-state index in [1.165, 1.54) is 0 Å². The predicted octanol–water partition coefficient (Wildman–Crippen LogP) is 2.32. The number of hydrogen-bond donors (Lipinski definition) is 0. The lowest BCUT2D eigenvalue weighted by molar-refractivity contribution is 0.874. The molecule has 0 N–H and O–H groups in total. The summed E-state index contributed by atoms with van der Waals surface area (Å²) in [6.07, 6.45) is 3.59. The second kappa shape index (κ2) is 4.45. The summed E-state index contributed by atoms with van der Waals surface area (Å²) < 4.78 is 3.71. The molecule has 4 heterocycles. The zero-order valence-electron chi connectivity index (χ0n) is 12.2. The molecule has 7 heteroatoms. The van der Waals surface area contributed by atoms with Gasteiger partial charge in [0.15, 0.2) is 5.65 Å². The quantitative estimate of drug-likeness (QED) is 0.531. The highest BCUT2D eigenvalue weighted by atomic mass is 15.3. The lowest BCUT2D eigenvalue weighted by Crippen LogP contribution is -1.94. The summed E-state index contributed by atoms with van der Waals surface area (Å²) in [6.45, 7) is 5.40. The van der Waals surface area contributed by atoms with E-state index in [1.54, 1.807) is 10.7 Å². The Balaban J connectivity index is 1.94. The van der Waals surface area contributed by atoms with Gasteiger partial charge in [-0.1, -0.05) is 0 Å². The molecule has 0 aliphatic carbocycles. The molecule has 4 aromatic rings. The SMILES string of the molecule is C=Nc1ncc2c(-c3ccc4nc(C)n(C)c4n3)ccn2n1. The van der Waals surface area contributed by atoms with Gasteiger partial charge in [-0.05, 0) is 31.8 Å². The third kappa shape index (κ3) is 1.72. The van der Waals surface area contributed by atoms with Gasteiger partial charge < -0.3 is 4.57 Å². The van der Waals surface area contributed by atoms with E-state index < -0.39 is 0 Å². The van der Waals surface area contributed by atoms with Crippen molar-refractivity contribution >= 4 is 29.3 Å². The summed E-state index contributed by atoms with van der Waals surface area (Å²) in [5.41, 5.74) is 4.46. The predicted molar refractivity (Wildman–Crippen MR) is 84.4 cm³/mol. The molecule has 0 saturated carbocycles. The zero-order chi connectivity index (χ0) is 15.3. The Kier molecular flexibility index (Phi) is 2.56. The van der Waals surface area contributed by atoms with Crippen LogP contribution in [0.25, 0.3) is 27.9 Å². The van der Waals surface area contributed by atoms with Crippen LogP contribution in [0, 0.1) is 6.92 Å². The number of rotatable bonds is 2. The normalized spacial score (nSPS) is 11.4. The molecule has 0 aliphatic rings. The molecule has 0 aromatic carbocycles. The van der Waals surface area contributed by atoms with Crippen LogP contribution >= 0.6 is 0 Å². The van der Waals surface area contributed by atoms with Crippen LogP contribution in [0.15, 0.2) is 35.6 Å². The lowest BCUT2D eigenvalue weighted by atomic mass is 10.2. The van der Waals surface area contributed by atoms with Crippen LogP contribution in [0.3, 0.4) is 0 Å². The van der Waals surface area contributed by atoms with Gasteiger partial charge in [0.1, 0.15) is 11.3 Å². The molecule has 0 radical (unpaired) electrons. The number of aromatic nitrogens is 6. The molecule has 108 valence electrons. The van der Waals surface area contributed by atoms with Gasteiger partial charge in [-0.3, -0.25) is 0 Å². The summed E-state index contributed by atoms with van der Waals surface area (Å²) in [6, 6.07) is 5.91. The number of imidazole rings is 1. The van der Waals surface area contributed by atoms with Crippen LogP contribution in [0.1, 0.15) is 5.82 Å². The van der Waals surface area contributed by atoms with Gasteiger partial charge in [0.05, 0.1) is 17.4 Å². The van der Waals surface area contributed by atoms with Crippen molar-refractivity contribution in [2.24, 2.45) is 12.0 Å². The topological polar surface area (TPSA) is 73.3 Å². The second-order valence-corrected chi connectivity index (χ2v) is 5.03. The fourth-order valence-corrected chi connectivity index (χ4v) is 2.51. The summed E-state index contributed by atoms with van der Waals surface area (Å²) in [7, 11) is 1.96. The average Bonchev–Trinajstić information content (AvgIpc) is 3.08. The monoisotopic (exact) mass is 291 g/mol. The Morgan fingerprint density at radius 1 is 1.18 bits per heavy atom. The van der Waals surface area contributed by atoms with E-state index in [2.05, 4.69) is 26.8 Å². The molecule has 7 nitrogen and oxygen atoms in total. The highest BCUT2D eigenvalue weighted by Crippen LogP contribution is 2.25. The van der Waals surface area contributed by atoms with Crippen molar-refractivity contribution in [3.8, 4) is 11.3 Å². The van der Waals surface area contributed by atoms with E-state index in [1.807, 2.05) is 42.9 Å². The van der Waals surface area contributed by atoms with Crippen molar-refractivity contribution in [1.82, 2.24) is 29.1 Å². The van der Waals surface area contributed by atoms with E-state index >= 15 is 0 Å². The first-order valence-corrected chi connectivity index (χ1v) is 6.79. The van der Waals surface area contributed by atoms with Crippen molar-refractivity contribution in [2.75, 3.05) is 0 Å². The van der Waals surface area contributed by atoms with E-state index in [4.69, 9.17) is 4.98 Å². The molecule has 0 spiro atoms. The third-order valence-electron chi connectivity index (χ3n) is 3.76. The largest absolute Gasteiger partial charge is 0.316 e. The molecule has 4 rings (SSSR count). The van der Waals surface area contributed by atoms with Gasteiger partial charge >= 0.3 is 0 Å². The van der Waals surface area contributed by atoms with Crippen LogP contribution in [0.5, 0.6) is 0 Å². The molecule has 0 aliphatic heterocycles. The molecule has 0 atom stereocenters. The van der Waals surface area contributed by atoms with Gasteiger partial charge in [-0.15, -0.1) is 5.10 Å². The first kappa shape index (κ1) is 12.6. The fraction of sp³-hybridized carbons (Fsp3) is 0.133. The number of hydrogen-bond acceptors (Lipinski definition) is 5. The van der Waals surface area contributed by atoms with E-state index in [0.29, 0.717) is 5.95 Å². The van der Waals surface area contributed by atoms with Gasteiger partial charge in [0.25, 0.3) is 5.95 Å². The van der Waals surface area contributed by atoms with Crippen molar-refractivity contribution in [3.63, 3.8) is 0 Å². The number of aliphatic imine (C=N–C) groups is 1. The van der Waals surface area contributed by atoms with Crippen LogP contribution in [-0.4, -0.2) is 35.9 Å². The minimum Gasteiger partial charge on any atom is -0.316 e. The summed E-state index contributed by atoms with van der Waals surface area (Å²) in [4.78, 5) is 17.1. The van der Waals surface area contributed by atoms with Crippen molar-refractivity contribution < 1.29 is 0 Å². The Hall–Kier alpha value is -3.09. The minimum atomic E-state index is 0.348. The van der Waals surface area contributed by atoms with Crippen LogP contribution in [0.4, 0.5) is 5.95 Å². The van der Waals surface area contributed by atoms with E-state index in [-0.39, 0.29) is 0 Å². The molecule has 0 fully saturated rings. The van der Waals surface area contributed by atoms with Gasteiger partial charge in [0, 0.05) is 18.8 Å². The maximum Gasteiger partial charge on any atom is 0.266 e. The summed E-state index contributed by atoms with van der Waals surface area (Å²) in [5, 5.41) is 4.25. The molecule has 0 amide bonds. The van der Waals surface area contributed by atoms with Crippen LogP contribution in [-0.2, 0) is 7.05 Å². The molecule has 0 unspecified atom stereocenters. The zero-order valence-corrected chi connectivity index (χ0v) is 12.2. The Bertz CT molecular complexity index is 1030. The molecular formula is C15H13N7. The van der Waals surface area contributed by atoms with Crippen molar-refractivity contribution in [1.29, 1.82) is 0 Å². The molecule has 0 saturated heterocycles. The van der Waals surface area contributed by atoms with Crippen LogP contribution < -0.4 is 0 Å². The fourth-order valence-electron chi connectivity index (χ4n) is 2.51. The molecule has 22 heavy (non-hydrogen) atoms. The number of nitrogens with zero attached hydrogens (tertiary/aromatic N) is 7.